The molecule has 0 amide bonds. The van der Waals surface area contributed by atoms with Gasteiger partial charge in [0.05, 0.1) is 17.6 Å². The SMILES string of the molecule is CCCCC[C@@H](O)CCCCCS(=O)(=O)CCCCCCCC(=O)O. The fraction of sp³-hybridized carbons (Fsp3) is 0.947. The van der Waals surface area contributed by atoms with Gasteiger partial charge in [-0.3, -0.25) is 4.79 Å². The lowest BCUT2D eigenvalue weighted by molar-refractivity contribution is -0.137. The van der Waals surface area contributed by atoms with E-state index in [2.05, 4.69) is 6.92 Å². The highest BCUT2D eigenvalue weighted by atomic mass is 32.2. The second-order valence-corrected chi connectivity index (χ2v) is 9.37. The van der Waals surface area contributed by atoms with Crippen LogP contribution in [0.25, 0.3) is 0 Å². The molecule has 0 aliphatic carbocycles. The van der Waals surface area contributed by atoms with Crippen LogP contribution < -0.4 is 0 Å². The Morgan fingerprint density at radius 1 is 0.800 bits per heavy atom. The average Bonchev–Trinajstić information content (AvgIpc) is 2.53. The second kappa shape index (κ2) is 15.6. The topological polar surface area (TPSA) is 91.7 Å². The maximum Gasteiger partial charge on any atom is 0.303 e. The van der Waals surface area contributed by atoms with Crippen LogP contribution in [-0.4, -0.2) is 42.2 Å². The van der Waals surface area contributed by atoms with Crippen LogP contribution >= 0.6 is 0 Å². The van der Waals surface area contributed by atoms with Crippen LogP contribution in [0.1, 0.15) is 96.8 Å². The van der Waals surface area contributed by atoms with E-state index in [0.29, 0.717) is 19.3 Å². The quantitative estimate of drug-likeness (QED) is 0.346. The van der Waals surface area contributed by atoms with E-state index in [9.17, 15) is 18.3 Å². The average molecular weight is 379 g/mol. The third kappa shape index (κ3) is 18.0. The van der Waals surface area contributed by atoms with Crippen LogP contribution in [0.3, 0.4) is 0 Å². The third-order valence-electron chi connectivity index (χ3n) is 4.48. The molecule has 0 heterocycles. The van der Waals surface area contributed by atoms with Crippen molar-refractivity contribution in [3.8, 4) is 0 Å². The number of rotatable bonds is 18. The molecule has 0 saturated heterocycles. The summed E-state index contributed by atoms with van der Waals surface area (Å²) in [6, 6.07) is 0. The van der Waals surface area contributed by atoms with Crippen molar-refractivity contribution in [3.05, 3.63) is 0 Å². The van der Waals surface area contributed by atoms with Crippen molar-refractivity contribution in [2.24, 2.45) is 0 Å². The number of hydrogen-bond acceptors (Lipinski definition) is 4. The number of unbranched alkanes of at least 4 members (excludes halogenated alkanes) is 8. The molecule has 0 aliphatic rings. The molecule has 0 bridgehead atoms. The number of carboxylic acid groups (broad SMARTS) is 1. The number of hydrogen-bond donors (Lipinski definition) is 2. The summed E-state index contributed by atoms with van der Waals surface area (Å²) in [5, 5.41) is 18.3. The minimum Gasteiger partial charge on any atom is -0.481 e. The Kier molecular flexibility index (Phi) is 15.2. The first kappa shape index (κ1) is 24.4. The zero-order valence-electron chi connectivity index (χ0n) is 15.9. The fourth-order valence-corrected chi connectivity index (χ4v) is 4.38. The molecule has 0 aliphatic heterocycles. The van der Waals surface area contributed by atoms with Gasteiger partial charge in [0.15, 0.2) is 0 Å². The first-order chi connectivity index (χ1) is 11.9. The summed E-state index contributed by atoms with van der Waals surface area (Å²) in [4.78, 5) is 10.4. The predicted molar refractivity (Wildman–Crippen MR) is 103 cm³/mol. The van der Waals surface area contributed by atoms with Crippen molar-refractivity contribution in [2.45, 2.75) is 103 Å². The van der Waals surface area contributed by atoms with Gasteiger partial charge in [-0.2, -0.15) is 0 Å². The van der Waals surface area contributed by atoms with E-state index in [-0.39, 0.29) is 24.0 Å². The molecular formula is C19H38O5S. The van der Waals surface area contributed by atoms with Crippen molar-refractivity contribution in [1.82, 2.24) is 0 Å². The van der Waals surface area contributed by atoms with E-state index in [1.54, 1.807) is 0 Å². The van der Waals surface area contributed by atoms with Crippen LogP contribution in [-0.2, 0) is 14.6 Å². The lowest BCUT2D eigenvalue weighted by atomic mass is 10.0. The van der Waals surface area contributed by atoms with Gasteiger partial charge >= 0.3 is 5.97 Å². The van der Waals surface area contributed by atoms with Gasteiger partial charge in [0.25, 0.3) is 0 Å². The van der Waals surface area contributed by atoms with Crippen molar-refractivity contribution in [1.29, 1.82) is 0 Å². The highest BCUT2D eigenvalue weighted by Gasteiger charge is 2.10. The van der Waals surface area contributed by atoms with E-state index < -0.39 is 15.8 Å². The molecule has 0 aromatic rings. The van der Waals surface area contributed by atoms with Gasteiger partial charge in [0.2, 0.25) is 0 Å². The summed E-state index contributed by atoms with van der Waals surface area (Å²) < 4.78 is 23.9. The molecule has 2 N–H and O–H groups in total. The Balaban J connectivity index is 3.53. The van der Waals surface area contributed by atoms with Crippen molar-refractivity contribution >= 4 is 15.8 Å². The van der Waals surface area contributed by atoms with Gasteiger partial charge in [0.1, 0.15) is 9.84 Å². The standard InChI is InChI=1S/C19H38O5S/c1-2-3-8-13-18(20)14-9-7-12-17-25(23,24)16-11-6-4-5-10-15-19(21)22/h18,20H,2-17H2,1H3,(H,21,22)/t18-/m1/s1. The van der Waals surface area contributed by atoms with E-state index in [0.717, 1.165) is 64.2 Å². The molecule has 0 spiro atoms. The highest BCUT2D eigenvalue weighted by molar-refractivity contribution is 7.91. The summed E-state index contributed by atoms with van der Waals surface area (Å²) in [5.41, 5.74) is 0. The molecule has 0 fully saturated rings. The molecule has 150 valence electrons. The summed E-state index contributed by atoms with van der Waals surface area (Å²) in [5.74, 6) is -0.278. The van der Waals surface area contributed by atoms with E-state index >= 15 is 0 Å². The van der Waals surface area contributed by atoms with E-state index in [1.165, 1.54) is 0 Å². The van der Waals surface area contributed by atoms with E-state index in [1.807, 2.05) is 0 Å². The minimum absolute atomic E-state index is 0.200. The zero-order chi connectivity index (χ0) is 19.0. The Morgan fingerprint density at radius 2 is 1.28 bits per heavy atom. The monoisotopic (exact) mass is 378 g/mol. The summed E-state index contributed by atoms with van der Waals surface area (Å²) >= 11 is 0. The number of aliphatic hydroxyl groups is 1. The first-order valence-corrected chi connectivity index (χ1v) is 11.8. The van der Waals surface area contributed by atoms with Gasteiger partial charge < -0.3 is 10.2 Å². The largest absolute Gasteiger partial charge is 0.481 e. The normalized spacial score (nSPS) is 13.0. The molecule has 0 saturated carbocycles. The number of aliphatic carboxylic acids is 1. The van der Waals surface area contributed by atoms with Crippen molar-refractivity contribution in [3.63, 3.8) is 0 Å². The summed E-state index contributed by atoms with van der Waals surface area (Å²) in [6.07, 6.45) is 11.4. The van der Waals surface area contributed by atoms with Gasteiger partial charge in [0, 0.05) is 6.42 Å². The zero-order valence-corrected chi connectivity index (χ0v) is 16.7. The third-order valence-corrected chi connectivity index (χ3v) is 6.30. The minimum atomic E-state index is -2.96. The molecular weight excluding hydrogens is 340 g/mol. The van der Waals surface area contributed by atoms with Crippen molar-refractivity contribution < 1.29 is 23.4 Å². The van der Waals surface area contributed by atoms with E-state index in [4.69, 9.17) is 5.11 Å². The van der Waals surface area contributed by atoms with Gasteiger partial charge in [-0.25, -0.2) is 8.42 Å². The maximum absolute atomic E-state index is 12.0. The molecule has 0 radical (unpaired) electrons. The number of aliphatic hydroxyl groups excluding tert-OH is 1. The number of sulfone groups is 1. The van der Waals surface area contributed by atoms with Gasteiger partial charge in [-0.1, -0.05) is 58.3 Å². The molecule has 6 heteroatoms. The molecule has 1 atom stereocenters. The molecule has 0 aromatic carbocycles. The Morgan fingerprint density at radius 3 is 1.84 bits per heavy atom. The van der Waals surface area contributed by atoms with Crippen LogP contribution in [0, 0.1) is 0 Å². The first-order valence-electron chi connectivity index (χ1n) is 9.97. The van der Waals surface area contributed by atoms with Crippen molar-refractivity contribution in [2.75, 3.05) is 11.5 Å². The van der Waals surface area contributed by atoms with Crippen LogP contribution in [0.5, 0.6) is 0 Å². The molecule has 0 unspecified atom stereocenters. The molecule has 5 nitrogen and oxygen atoms in total. The summed E-state index contributed by atoms with van der Waals surface area (Å²) in [7, 11) is -2.96. The van der Waals surface area contributed by atoms with Crippen LogP contribution in [0.2, 0.25) is 0 Å². The Bertz CT molecular complexity index is 420. The number of carboxylic acids is 1. The summed E-state index contributed by atoms with van der Waals surface area (Å²) in [6.45, 7) is 2.15. The Labute approximate surface area is 154 Å². The molecule has 0 rings (SSSR count). The fourth-order valence-electron chi connectivity index (χ4n) is 2.88. The van der Waals surface area contributed by atoms with Crippen LogP contribution in [0.4, 0.5) is 0 Å². The van der Waals surface area contributed by atoms with Gasteiger partial charge in [-0.15, -0.1) is 0 Å². The second-order valence-electron chi connectivity index (χ2n) is 7.06. The Hall–Kier alpha value is -0.620. The maximum atomic E-state index is 12.0. The molecule has 25 heavy (non-hydrogen) atoms. The smallest absolute Gasteiger partial charge is 0.303 e. The van der Waals surface area contributed by atoms with Crippen LogP contribution in [0.15, 0.2) is 0 Å². The van der Waals surface area contributed by atoms with Gasteiger partial charge in [-0.05, 0) is 32.1 Å². The molecule has 0 aromatic heterocycles. The highest BCUT2D eigenvalue weighted by Crippen LogP contribution is 2.12. The lowest BCUT2D eigenvalue weighted by Gasteiger charge is -2.10. The predicted octanol–water partition coefficient (Wildman–Crippen LogP) is 4.33. The number of carbonyl (C=O) groups is 1. The lowest BCUT2D eigenvalue weighted by Crippen LogP contribution is -2.11.